The molecule has 7 heteroatoms. The van der Waals surface area contributed by atoms with Crippen molar-refractivity contribution in [3.05, 3.63) is 94.5 Å². The molecule has 0 saturated carbocycles. The molecular weight excluding hydrogens is 456 g/mol. The first-order valence-electron chi connectivity index (χ1n) is 11.1. The fraction of sp³-hybridized carbons (Fsp3) is 0.269. The van der Waals surface area contributed by atoms with Gasteiger partial charge in [0.1, 0.15) is 0 Å². The number of benzene rings is 3. The minimum absolute atomic E-state index is 0.0564. The molecular formula is C26H27ClN2O3S. The molecule has 4 rings (SSSR count). The van der Waals surface area contributed by atoms with Crippen molar-refractivity contribution < 1.29 is 13.2 Å². The van der Waals surface area contributed by atoms with Crippen LogP contribution in [-0.4, -0.2) is 20.9 Å². The molecule has 3 aromatic rings. The number of sulfonamides is 1. The second-order valence-corrected chi connectivity index (χ2v) is 10.6. The Morgan fingerprint density at radius 3 is 2.45 bits per heavy atom. The SMILES string of the molecule is CC(NC(=O)CCc1ccc(S(=O)(=O)N2CCCc3ccccc32)cc1)c1ccc(Cl)cc1. The lowest BCUT2D eigenvalue weighted by atomic mass is 10.0. The Labute approximate surface area is 200 Å². The van der Waals surface area contributed by atoms with Crippen LogP contribution in [0.2, 0.25) is 5.02 Å². The van der Waals surface area contributed by atoms with Crippen LogP contribution in [-0.2, 0) is 27.7 Å². The summed E-state index contributed by atoms with van der Waals surface area (Å²) >= 11 is 5.92. The van der Waals surface area contributed by atoms with Gasteiger partial charge in [-0.3, -0.25) is 9.10 Å². The number of carbonyl (C=O) groups is 1. The first kappa shape index (κ1) is 23.3. The van der Waals surface area contributed by atoms with Gasteiger partial charge in [0, 0.05) is 18.0 Å². The van der Waals surface area contributed by atoms with Crippen LogP contribution in [0.5, 0.6) is 0 Å². The molecule has 0 bridgehead atoms. The Bertz CT molecular complexity index is 1230. The zero-order chi connectivity index (χ0) is 23.4. The molecule has 33 heavy (non-hydrogen) atoms. The number of nitrogens with zero attached hydrogens (tertiary/aromatic N) is 1. The molecule has 1 aliphatic heterocycles. The first-order chi connectivity index (χ1) is 15.8. The zero-order valence-corrected chi connectivity index (χ0v) is 20.1. The minimum Gasteiger partial charge on any atom is -0.350 e. The fourth-order valence-corrected chi connectivity index (χ4v) is 5.78. The topological polar surface area (TPSA) is 66.5 Å². The summed E-state index contributed by atoms with van der Waals surface area (Å²) in [7, 11) is -3.63. The van der Waals surface area contributed by atoms with Gasteiger partial charge in [-0.2, -0.15) is 0 Å². The molecule has 1 aliphatic rings. The lowest BCUT2D eigenvalue weighted by Crippen LogP contribution is -2.35. The molecule has 172 valence electrons. The monoisotopic (exact) mass is 482 g/mol. The zero-order valence-electron chi connectivity index (χ0n) is 18.5. The summed E-state index contributed by atoms with van der Waals surface area (Å²) in [5.74, 6) is -0.0564. The van der Waals surface area contributed by atoms with Crippen LogP contribution >= 0.6 is 11.6 Å². The van der Waals surface area contributed by atoms with Gasteiger partial charge in [0.15, 0.2) is 0 Å². The molecule has 0 aliphatic carbocycles. The highest BCUT2D eigenvalue weighted by Gasteiger charge is 2.28. The summed E-state index contributed by atoms with van der Waals surface area (Å²) in [5, 5.41) is 3.65. The van der Waals surface area contributed by atoms with Gasteiger partial charge in [-0.25, -0.2) is 8.42 Å². The van der Waals surface area contributed by atoms with Crippen molar-refractivity contribution in [1.29, 1.82) is 0 Å². The molecule has 1 heterocycles. The van der Waals surface area contributed by atoms with Gasteiger partial charge in [0.2, 0.25) is 5.91 Å². The predicted molar refractivity (Wildman–Crippen MR) is 132 cm³/mol. The first-order valence-corrected chi connectivity index (χ1v) is 12.9. The number of carbonyl (C=O) groups excluding carboxylic acids is 1. The van der Waals surface area contributed by atoms with Gasteiger partial charge in [0.25, 0.3) is 10.0 Å². The maximum absolute atomic E-state index is 13.3. The van der Waals surface area contributed by atoms with Gasteiger partial charge in [-0.15, -0.1) is 0 Å². The maximum Gasteiger partial charge on any atom is 0.264 e. The standard InChI is InChI=1S/C26H27ClN2O3S/c1-19(21-11-13-23(27)14-12-21)28-26(30)17-10-20-8-15-24(16-9-20)33(31,32)29-18-4-6-22-5-2-3-7-25(22)29/h2-3,5,7-9,11-16,19H,4,6,10,17-18H2,1H3,(H,28,30). The highest BCUT2D eigenvalue weighted by Crippen LogP contribution is 2.31. The van der Waals surface area contributed by atoms with E-state index in [1.165, 1.54) is 4.31 Å². The van der Waals surface area contributed by atoms with Crippen molar-refractivity contribution in [3.8, 4) is 0 Å². The normalized spacial score (nSPS) is 14.4. The second-order valence-electron chi connectivity index (χ2n) is 8.29. The van der Waals surface area contributed by atoms with Crippen molar-refractivity contribution >= 4 is 33.2 Å². The Hall–Kier alpha value is -2.83. The molecule has 0 saturated heterocycles. The van der Waals surface area contributed by atoms with E-state index in [0.29, 0.717) is 24.4 Å². The molecule has 1 amide bonds. The molecule has 1 unspecified atom stereocenters. The van der Waals surface area contributed by atoms with E-state index < -0.39 is 10.0 Å². The number of rotatable bonds is 7. The summed E-state index contributed by atoms with van der Waals surface area (Å²) in [6.07, 6.45) is 2.55. The van der Waals surface area contributed by atoms with Gasteiger partial charge < -0.3 is 5.32 Å². The summed E-state index contributed by atoms with van der Waals surface area (Å²) < 4.78 is 28.0. The van der Waals surface area contributed by atoms with E-state index in [-0.39, 0.29) is 16.8 Å². The molecule has 0 radical (unpaired) electrons. The van der Waals surface area contributed by atoms with Crippen LogP contribution in [0.1, 0.15) is 42.5 Å². The number of aryl methyl sites for hydroxylation is 2. The van der Waals surface area contributed by atoms with Crippen molar-refractivity contribution in [2.24, 2.45) is 0 Å². The van der Waals surface area contributed by atoms with Crippen molar-refractivity contribution in [2.45, 2.75) is 43.5 Å². The summed E-state index contributed by atoms with van der Waals surface area (Å²) in [6, 6.07) is 21.8. The summed E-state index contributed by atoms with van der Waals surface area (Å²) in [5.41, 5.74) is 3.73. The fourth-order valence-electron chi connectivity index (χ4n) is 4.11. The Morgan fingerprint density at radius 1 is 1.03 bits per heavy atom. The van der Waals surface area contributed by atoms with Crippen LogP contribution in [0.15, 0.2) is 77.7 Å². The summed E-state index contributed by atoms with van der Waals surface area (Å²) in [4.78, 5) is 12.6. The smallest absolute Gasteiger partial charge is 0.264 e. The lowest BCUT2D eigenvalue weighted by Gasteiger charge is -2.30. The van der Waals surface area contributed by atoms with E-state index in [1.54, 1.807) is 36.4 Å². The second kappa shape index (κ2) is 9.98. The largest absolute Gasteiger partial charge is 0.350 e. The van der Waals surface area contributed by atoms with Crippen LogP contribution in [0, 0.1) is 0 Å². The highest BCUT2D eigenvalue weighted by atomic mass is 35.5. The third-order valence-electron chi connectivity index (χ3n) is 5.97. The molecule has 1 atom stereocenters. The van der Waals surface area contributed by atoms with Gasteiger partial charge >= 0.3 is 0 Å². The van der Waals surface area contributed by atoms with E-state index in [9.17, 15) is 13.2 Å². The third kappa shape index (κ3) is 5.40. The van der Waals surface area contributed by atoms with Crippen molar-refractivity contribution in [3.63, 3.8) is 0 Å². The van der Waals surface area contributed by atoms with Crippen LogP contribution < -0.4 is 9.62 Å². The highest BCUT2D eigenvalue weighted by molar-refractivity contribution is 7.92. The van der Waals surface area contributed by atoms with E-state index in [4.69, 9.17) is 11.6 Å². The quantitative estimate of drug-likeness (QED) is 0.497. The Kier molecular flexibility index (Phi) is 7.05. The average Bonchev–Trinajstić information content (AvgIpc) is 2.83. The Morgan fingerprint density at radius 2 is 1.73 bits per heavy atom. The van der Waals surface area contributed by atoms with Crippen LogP contribution in [0.25, 0.3) is 0 Å². The predicted octanol–water partition coefficient (Wildman–Crippen LogP) is 5.29. The lowest BCUT2D eigenvalue weighted by molar-refractivity contribution is -0.121. The third-order valence-corrected chi connectivity index (χ3v) is 8.05. The van der Waals surface area contributed by atoms with Crippen molar-refractivity contribution in [2.75, 3.05) is 10.8 Å². The van der Waals surface area contributed by atoms with E-state index in [1.807, 2.05) is 43.3 Å². The molecule has 3 aromatic carbocycles. The van der Waals surface area contributed by atoms with E-state index >= 15 is 0 Å². The number of hydrogen-bond donors (Lipinski definition) is 1. The minimum atomic E-state index is -3.63. The Balaban J connectivity index is 1.37. The molecule has 0 fully saturated rings. The van der Waals surface area contributed by atoms with Crippen LogP contribution in [0.4, 0.5) is 5.69 Å². The number of hydrogen-bond acceptors (Lipinski definition) is 3. The molecule has 1 N–H and O–H groups in total. The number of halogens is 1. The van der Waals surface area contributed by atoms with Crippen LogP contribution in [0.3, 0.4) is 0 Å². The molecule has 5 nitrogen and oxygen atoms in total. The summed E-state index contributed by atoms with van der Waals surface area (Å²) in [6.45, 7) is 2.41. The van der Waals surface area contributed by atoms with Gasteiger partial charge in [0.05, 0.1) is 16.6 Å². The van der Waals surface area contributed by atoms with Gasteiger partial charge in [-0.05, 0) is 73.2 Å². The number of nitrogens with one attached hydrogen (secondary N) is 1. The number of anilines is 1. The van der Waals surface area contributed by atoms with E-state index in [0.717, 1.165) is 35.2 Å². The molecule has 0 aromatic heterocycles. The number of amides is 1. The van der Waals surface area contributed by atoms with Crippen molar-refractivity contribution in [1.82, 2.24) is 5.32 Å². The van der Waals surface area contributed by atoms with Gasteiger partial charge in [-0.1, -0.05) is 54.1 Å². The number of fused-ring (bicyclic) bond motifs is 1. The average molecular weight is 483 g/mol. The molecule has 0 spiro atoms. The maximum atomic E-state index is 13.3. The number of para-hydroxylation sites is 1. The van der Waals surface area contributed by atoms with E-state index in [2.05, 4.69) is 5.32 Å².